The molecule has 2 N–H and O–H groups in total. The van der Waals surface area contributed by atoms with E-state index in [9.17, 15) is 4.39 Å². The summed E-state index contributed by atoms with van der Waals surface area (Å²) < 4.78 is 18.7. The Bertz CT molecular complexity index is 803. The first-order valence-corrected chi connectivity index (χ1v) is 7.13. The molecule has 0 radical (unpaired) electrons. The molecule has 5 heteroatoms. The van der Waals surface area contributed by atoms with E-state index < -0.39 is 0 Å². The predicted molar refractivity (Wildman–Crippen MR) is 85.1 cm³/mol. The van der Waals surface area contributed by atoms with Crippen LogP contribution in [0.2, 0.25) is 0 Å². The van der Waals surface area contributed by atoms with Gasteiger partial charge >= 0.3 is 0 Å². The number of hydrogen-bond donors (Lipinski definition) is 1. The molecule has 0 bridgehead atoms. The molecule has 1 aromatic heterocycles. The Morgan fingerprint density at radius 1 is 1.05 bits per heavy atom. The van der Waals surface area contributed by atoms with Crippen LogP contribution in [0.1, 0.15) is 13.3 Å². The Morgan fingerprint density at radius 2 is 1.77 bits per heavy atom. The minimum Gasteiger partial charge on any atom is -0.477 e. The average molecular weight is 297 g/mol. The molecule has 3 rings (SSSR count). The molecule has 0 amide bonds. The van der Waals surface area contributed by atoms with Gasteiger partial charge in [-0.25, -0.2) is 9.37 Å². The number of halogens is 1. The van der Waals surface area contributed by atoms with Crippen molar-refractivity contribution in [3.05, 3.63) is 48.3 Å². The first-order valence-electron chi connectivity index (χ1n) is 7.13. The van der Waals surface area contributed by atoms with Gasteiger partial charge in [-0.2, -0.15) is 4.98 Å². The van der Waals surface area contributed by atoms with E-state index in [4.69, 9.17) is 10.5 Å². The molecule has 0 spiro atoms. The Labute approximate surface area is 127 Å². The zero-order valence-corrected chi connectivity index (χ0v) is 12.2. The summed E-state index contributed by atoms with van der Waals surface area (Å²) in [6, 6.07) is 12.1. The van der Waals surface area contributed by atoms with Crippen molar-refractivity contribution in [3.63, 3.8) is 0 Å². The van der Waals surface area contributed by atoms with Crippen LogP contribution in [-0.4, -0.2) is 16.6 Å². The Morgan fingerprint density at radius 3 is 2.50 bits per heavy atom. The highest BCUT2D eigenvalue weighted by molar-refractivity contribution is 5.89. The molecular weight excluding hydrogens is 281 g/mol. The smallest absolute Gasteiger partial charge is 0.226 e. The Balaban J connectivity index is 2.11. The number of anilines is 1. The largest absolute Gasteiger partial charge is 0.477 e. The van der Waals surface area contributed by atoms with Crippen molar-refractivity contribution in [1.29, 1.82) is 0 Å². The fourth-order valence-electron chi connectivity index (χ4n) is 2.25. The summed E-state index contributed by atoms with van der Waals surface area (Å²) in [6.07, 6.45) is 0.878. The molecule has 112 valence electrons. The van der Waals surface area contributed by atoms with Crippen molar-refractivity contribution in [2.24, 2.45) is 0 Å². The molecule has 0 atom stereocenters. The third-order valence-electron chi connectivity index (χ3n) is 3.30. The fraction of sp³-hybridized carbons (Fsp3) is 0.176. The van der Waals surface area contributed by atoms with E-state index >= 15 is 0 Å². The van der Waals surface area contributed by atoms with E-state index in [1.165, 1.54) is 12.1 Å². The molecule has 22 heavy (non-hydrogen) atoms. The van der Waals surface area contributed by atoms with Crippen LogP contribution < -0.4 is 10.5 Å². The number of nitrogens with zero attached hydrogens (tertiary/aromatic N) is 2. The van der Waals surface area contributed by atoms with Gasteiger partial charge in [0.1, 0.15) is 5.82 Å². The maximum Gasteiger partial charge on any atom is 0.226 e. The summed E-state index contributed by atoms with van der Waals surface area (Å²) in [5.74, 6) is 0.411. The number of nitrogens with two attached hydrogens (primary N) is 1. The van der Waals surface area contributed by atoms with Gasteiger partial charge in [-0.3, -0.25) is 0 Å². The zero-order chi connectivity index (χ0) is 15.5. The van der Waals surface area contributed by atoms with Gasteiger partial charge in [-0.05, 0) is 41.8 Å². The van der Waals surface area contributed by atoms with Crippen molar-refractivity contribution in [3.8, 4) is 17.0 Å². The van der Waals surface area contributed by atoms with E-state index in [0.29, 0.717) is 12.5 Å². The van der Waals surface area contributed by atoms with Crippen molar-refractivity contribution in [2.75, 3.05) is 12.3 Å². The summed E-state index contributed by atoms with van der Waals surface area (Å²) in [4.78, 5) is 8.39. The van der Waals surface area contributed by atoms with Crippen LogP contribution in [0.4, 0.5) is 10.3 Å². The molecule has 0 saturated heterocycles. The number of benzene rings is 2. The fourth-order valence-corrected chi connectivity index (χ4v) is 2.25. The molecule has 0 fully saturated rings. The van der Waals surface area contributed by atoms with Crippen molar-refractivity contribution in [1.82, 2.24) is 9.97 Å². The summed E-state index contributed by atoms with van der Waals surface area (Å²) >= 11 is 0. The van der Waals surface area contributed by atoms with Gasteiger partial charge in [0.05, 0.1) is 17.5 Å². The first-order chi connectivity index (χ1) is 10.7. The Kier molecular flexibility index (Phi) is 3.87. The first kappa shape index (κ1) is 14.3. The lowest BCUT2D eigenvalue weighted by molar-refractivity contribution is 0.309. The third kappa shape index (κ3) is 2.83. The average Bonchev–Trinajstić information content (AvgIpc) is 2.53. The summed E-state index contributed by atoms with van der Waals surface area (Å²) in [5.41, 5.74) is 8.31. The van der Waals surface area contributed by atoms with Crippen LogP contribution in [0.15, 0.2) is 42.5 Å². The second-order valence-electron chi connectivity index (χ2n) is 4.97. The molecular formula is C17H16FN3O. The van der Waals surface area contributed by atoms with Gasteiger partial charge in [0.25, 0.3) is 0 Å². The van der Waals surface area contributed by atoms with Crippen LogP contribution in [0, 0.1) is 5.82 Å². The highest BCUT2D eigenvalue weighted by Gasteiger charge is 2.09. The van der Waals surface area contributed by atoms with Gasteiger partial charge in [0, 0.05) is 0 Å². The number of rotatable bonds is 4. The third-order valence-corrected chi connectivity index (χ3v) is 3.30. The monoisotopic (exact) mass is 297 g/mol. The minimum absolute atomic E-state index is 0.188. The van der Waals surface area contributed by atoms with Gasteiger partial charge < -0.3 is 10.5 Å². The molecule has 1 heterocycles. The van der Waals surface area contributed by atoms with E-state index in [-0.39, 0.29) is 11.8 Å². The van der Waals surface area contributed by atoms with Crippen LogP contribution >= 0.6 is 0 Å². The molecule has 4 nitrogen and oxygen atoms in total. The molecule has 2 aromatic carbocycles. The Hall–Kier alpha value is -2.69. The van der Waals surface area contributed by atoms with Gasteiger partial charge in [-0.15, -0.1) is 0 Å². The molecule has 0 aliphatic heterocycles. The lowest BCUT2D eigenvalue weighted by Crippen LogP contribution is -2.02. The molecule has 0 saturated carbocycles. The molecule has 0 unspecified atom stereocenters. The number of aromatic nitrogens is 2. The van der Waals surface area contributed by atoms with Crippen molar-refractivity contribution < 1.29 is 9.13 Å². The van der Waals surface area contributed by atoms with Crippen LogP contribution in [0.5, 0.6) is 5.88 Å². The highest BCUT2D eigenvalue weighted by Crippen LogP contribution is 2.29. The predicted octanol–water partition coefficient (Wildman–Crippen LogP) is 3.81. The number of hydrogen-bond acceptors (Lipinski definition) is 4. The molecule has 0 aliphatic carbocycles. The van der Waals surface area contributed by atoms with Crippen molar-refractivity contribution in [2.45, 2.75) is 13.3 Å². The molecule has 0 aliphatic rings. The van der Waals surface area contributed by atoms with Gasteiger partial charge in [0.15, 0.2) is 0 Å². The second-order valence-corrected chi connectivity index (χ2v) is 4.97. The quantitative estimate of drug-likeness (QED) is 0.795. The minimum atomic E-state index is -0.257. The number of ether oxygens (including phenoxy) is 1. The lowest BCUT2D eigenvalue weighted by Gasteiger charge is -2.09. The SMILES string of the molecule is CCCOc1nc(N)nc2ccc(-c3ccc(F)cc3)cc12. The van der Waals surface area contributed by atoms with Gasteiger partial charge in [-0.1, -0.05) is 25.1 Å². The van der Waals surface area contributed by atoms with E-state index in [2.05, 4.69) is 9.97 Å². The van der Waals surface area contributed by atoms with Gasteiger partial charge in [0.2, 0.25) is 11.8 Å². The van der Waals surface area contributed by atoms with Crippen LogP contribution in [0.25, 0.3) is 22.0 Å². The maximum atomic E-state index is 13.0. The summed E-state index contributed by atoms with van der Waals surface area (Å²) in [5, 5.41) is 0.796. The highest BCUT2D eigenvalue weighted by atomic mass is 19.1. The molecule has 3 aromatic rings. The second kappa shape index (κ2) is 5.97. The van der Waals surface area contributed by atoms with Crippen molar-refractivity contribution >= 4 is 16.9 Å². The topological polar surface area (TPSA) is 61.0 Å². The standard InChI is InChI=1S/C17H16FN3O/c1-2-9-22-16-14-10-12(11-3-6-13(18)7-4-11)5-8-15(14)20-17(19)21-16/h3-8,10H,2,9H2,1H3,(H2,19,20,21). The summed E-state index contributed by atoms with van der Waals surface area (Å²) in [7, 11) is 0. The number of nitrogen functional groups attached to an aromatic ring is 1. The summed E-state index contributed by atoms with van der Waals surface area (Å²) in [6.45, 7) is 2.59. The zero-order valence-electron chi connectivity index (χ0n) is 12.2. The van der Waals surface area contributed by atoms with Crippen LogP contribution in [0.3, 0.4) is 0 Å². The van der Waals surface area contributed by atoms with E-state index in [1.807, 2.05) is 25.1 Å². The normalized spacial score (nSPS) is 10.8. The van der Waals surface area contributed by atoms with E-state index in [1.54, 1.807) is 12.1 Å². The lowest BCUT2D eigenvalue weighted by atomic mass is 10.0. The van der Waals surface area contributed by atoms with Crippen LogP contribution in [-0.2, 0) is 0 Å². The maximum absolute atomic E-state index is 13.0. The number of fused-ring (bicyclic) bond motifs is 1. The van der Waals surface area contributed by atoms with E-state index in [0.717, 1.165) is 28.5 Å².